The number of rotatable bonds is 1. The van der Waals surface area contributed by atoms with Gasteiger partial charge in [0.25, 0.3) is 5.56 Å². The number of H-pyrrole nitrogens is 1. The van der Waals surface area contributed by atoms with Crippen LogP contribution in [0.25, 0.3) is 0 Å². The van der Waals surface area contributed by atoms with E-state index in [0.717, 1.165) is 5.69 Å². The van der Waals surface area contributed by atoms with Crippen molar-refractivity contribution in [1.82, 2.24) is 9.78 Å². The SMILES string of the molecule is O=c1[nH]n(C2CCS(=O)(=O)CC2)c2c1COC2. The second-order valence-corrected chi connectivity index (χ2v) is 6.92. The van der Waals surface area contributed by atoms with Crippen LogP contribution in [0.3, 0.4) is 0 Å². The van der Waals surface area contributed by atoms with E-state index >= 15 is 0 Å². The average molecular weight is 258 g/mol. The molecule has 94 valence electrons. The number of hydrogen-bond acceptors (Lipinski definition) is 4. The highest BCUT2D eigenvalue weighted by atomic mass is 32.2. The van der Waals surface area contributed by atoms with Gasteiger partial charge < -0.3 is 4.74 Å². The third-order valence-electron chi connectivity index (χ3n) is 3.51. The Balaban J connectivity index is 1.91. The van der Waals surface area contributed by atoms with Gasteiger partial charge in [0, 0.05) is 0 Å². The van der Waals surface area contributed by atoms with Crippen LogP contribution < -0.4 is 5.56 Å². The smallest absolute Gasteiger partial charge is 0.269 e. The van der Waals surface area contributed by atoms with E-state index in [1.807, 2.05) is 4.68 Å². The fourth-order valence-electron chi connectivity index (χ4n) is 2.52. The highest BCUT2D eigenvalue weighted by Crippen LogP contribution is 2.27. The summed E-state index contributed by atoms with van der Waals surface area (Å²) in [5.74, 6) is 0.404. The predicted molar refractivity (Wildman–Crippen MR) is 60.5 cm³/mol. The van der Waals surface area contributed by atoms with E-state index in [0.29, 0.717) is 31.6 Å². The van der Waals surface area contributed by atoms with Gasteiger partial charge in [0.05, 0.1) is 42.0 Å². The zero-order valence-corrected chi connectivity index (χ0v) is 10.1. The summed E-state index contributed by atoms with van der Waals surface area (Å²) in [6.07, 6.45) is 1.14. The van der Waals surface area contributed by atoms with Crippen LogP contribution in [0.2, 0.25) is 0 Å². The van der Waals surface area contributed by atoms with Crippen molar-refractivity contribution in [1.29, 1.82) is 0 Å². The standard InChI is InChI=1S/C10H14N2O4S/c13-10-8-5-16-6-9(8)12(11-10)7-1-3-17(14,15)4-2-7/h7H,1-6H2,(H,11,13). The number of sulfone groups is 1. The first kappa shape index (κ1) is 11.0. The van der Waals surface area contributed by atoms with Crippen molar-refractivity contribution in [2.45, 2.75) is 32.1 Å². The Morgan fingerprint density at radius 2 is 1.94 bits per heavy atom. The Morgan fingerprint density at radius 1 is 1.24 bits per heavy atom. The van der Waals surface area contributed by atoms with E-state index in [4.69, 9.17) is 4.74 Å². The Hall–Kier alpha value is -1.08. The highest BCUT2D eigenvalue weighted by molar-refractivity contribution is 7.91. The van der Waals surface area contributed by atoms with Gasteiger partial charge in [-0.15, -0.1) is 0 Å². The molecule has 2 aliphatic rings. The van der Waals surface area contributed by atoms with Crippen LogP contribution in [0.5, 0.6) is 0 Å². The van der Waals surface area contributed by atoms with Gasteiger partial charge in [0.15, 0.2) is 0 Å². The molecule has 1 N–H and O–H groups in total. The summed E-state index contributed by atoms with van der Waals surface area (Å²) in [5.41, 5.74) is 1.48. The summed E-state index contributed by atoms with van der Waals surface area (Å²) in [6, 6.07) is 0.0803. The predicted octanol–water partition coefficient (Wildman–Crippen LogP) is -0.0437. The van der Waals surface area contributed by atoms with E-state index < -0.39 is 9.84 Å². The summed E-state index contributed by atoms with van der Waals surface area (Å²) in [4.78, 5) is 11.6. The normalized spacial score (nSPS) is 23.8. The van der Waals surface area contributed by atoms with Gasteiger partial charge in [0.1, 0.15) is 9.84 Å². The minimum absolute atomic E-state index is 0.0803. The molecule has 3 rings (SSSR count). The zero-order valence-electron chi connectivity index (χ0n) is 9.31. The molecule has 1 saturated heterocycles. The Labute approximate surface area is 98.5 Å². The molecule has 6 nitrogen and oxygen atoms in total. The molecule has 0 amide bonds. The van der Waals surface area contributed by atoms with Crippen molar-refractivity contribution in [2.75, 3.05) is 11.5 Å². The number of aromatic nitrogens is 2. The molecule has 0 bridgehead atoms. The Kier molecular flexibility index (Phi) is 2.41. The number of fused-ring (bicyclic) bond motifs is 1. The van der Waals surface area contributed by atoms with E-state index in [-0.39, 0.29) is 23.1 Å². The maximum atomic E-state index is 11.6. The molecule has 0 spiro atoms. The molecule has 7 heteroatoms. The number of nitrogens with zero attached hydrogens (tertiary/aromatic N) is 1. The zero-order chi connectivity index (χ0) is 12.0. The quantitative estimate of drug-likeness (QED) is 0.766. The number of nitrogens with one attached hydrogen (secondary N) is 1. The Bertz CT molecular complexity index is 584. The molecular weight excluding hydrogens is 244 g/mol. The second-order valence-electron chi connectivity index (χ2n) is 4.61. The fraction of sp³-hybridized carbons (Fsp3) is 0.700. The molecule has 17 heavy (non-hydrogen) atoms. The molecule has 0 aromatic carbocycles. The molecule has 0 aliphatic carbocycles. The van der Waals surface area contributed by atoms with Crippen LogP contribution in [0.1, 0.15) is 30.1 Å². The lowest BCUT2D eigenvalue weighted by atomic mass is 10.1. The molecule has 1 aromatic rings. The van der Waals surface area contributed by atoms with Crippen LogP contribution in [-0.4, -0.2) is 29.7 Å². The lowest BCUT2D eigenvalue weighted by Crippen LogP contribution is -2.27. The molecule has 2 aliphatic heterocycles. The Morgan fingerprint density at radius 3 is 2.65 bits per heavy atom. The van der Waals surface area contributed by atoms with Crippen molar-refractivity contribution >= 4 is 9.84 Å². The van der Waals surface area contributed by atoms with Gasteiger partial charge in [-0.25, -0.2) is 8.42 Å². The molecule has 0 unspecified atom stereocenters. The molecule has 1 fully saturated rings. The first-order chi connectivity index (χ1) is 8.07. The highest BCUT2D eigenvalue weighted by Gasteiger charge is 2.29. The lowest BCUT2D eigenvalue weighted by molar-refractivity contribution is 0.127. The first-order valence-corrected chi connectivity index (χ1v) is 7.49. The largest absolute Gasteiger partial charge is 0.370 e. The summed E-state index contributed by atoms with van der Waals surface area (Å²) < 4.78 is 29.8. The van der Waals surface area contributed by atoms with Crippen molar-refractivity contribution in [3.8, 4) is 0 Å². The third kappa shape index (κ3) is 1.83. The number of ether oxygens (including phenoxy) is 1. The van der Waals surface area contributed by atoms with Crippen molar-refractivity contribution in [3.05, 3.63) is 21.6 Å². The van der Waals surface area contributed by atoms with Crippen molar-refractivity contribution < 1.29 is 13.2 Å². The van der Waals surface area contributed by atoms with E-state index in [1.54, 1.807) is 0 Å². The van der Waals surface area contributed by atoms with Gasteiger partial charge in [0.2, 0.25) is 0 Å². The number of hydrogen-bond donors (Lipinski definition) is 1. The van der Waals surface area contributed by atoms with Crippen LogP contribution >= 0.6 is 0 Å². The summed E-state index contributed by atoms with van der Waals surface area (Å²) in [5, 5.41) is 2.80. The van der Waals surface area contributed by atoms with Crippen LogP contribution in [0.4, 0.5) is 0 Å². The molecule has 1 aromatic heterocycles. The number of aromatic amines is 1. The van der Waals surface area contributed by atoms with Crippen LogP contribution in [0.15, 0.2) is 4.79 Å². The van der Waals surface area contributed by atoms with Crippen LogP contribution in [0, 0.1) is 0 Å². The second kappa shape index (κ2) is 3.71. The van der Waals surface area contributed by atoms with Gasteiger partial charge in [-0.1, -0.05) is 0 Å². The monoisotopic (exact) mass is 258 g/mol. The topological polar surface area (TPSA) is 81.2 Å². The molecule has 0 saturated carbocycles. The minimum Gasteiger partial charge on any atom is -0.370 e. The van der Waals surface area contributed by atoms with E-state index in [2.05, 4.69) is 5.10 Å². The van der Waals surface area contributed by atoms with Crippen molar-refractivity contribution in [3.63, 3.8) is 0 Å². The first-order valence-electron chi connectivity index (χ1n) is 5.67. The molecule has 3 heterocycles. The summed E-state index contributed by atoms with van der Waals surface area (Å²) >= 11 is 0. The lowest BCUT2D eigenvalue weighted by Gasteiger charge is -2.24. The van der Waals surface area contributed by atoms with Gasteiger partial charge in [-0.2, -0.15) is 0 Å². The molecule has 0 radical (unpaired) electrons. The van der Waals surface area contributed by atoms with Gasteiger partial charge in [-0.3, -0.25) is 14.6 Å². The molecule has 0 atom stereocenters. The van der Waals surface area contributed by atoms with E-state index in [1.165, 1.54) is 0 Å². The third-order valence-corrected chi connectivity index (χ3v) is 5.23. The summed E-state index contributed by atoms with van der Waals surface area (Å²) in [7, 11) is -2.87. The summed E-state index contributed by atoms with van der Waals surface area (Å²) in [6.45, 7) is 0.806. The van der Waals surface area contributed by atoms with Crippen LogP contribution in [-0.2, 0) is 27.8 Å². The van der Waals surface area contributed by atoms with Crippen molar-refractivity contribution in [2.24, 2.45) is 0 Å². The minimum atomic E-state index is -2.87. The maximum Gasteiger partial charge on any atom is 0.269 e. The molecular formula is C10H14N2O4S. The average Bonchev–Trinajstić information content (AvgIpc) is 2.83. The van der Waals surface area contributed by atoms with Gasteiger partial charge in [-0.05, 0) is 12.8 Å². The maximum absolute atomic E-state index is 11.6. The van der Waals surface area contributed by atoms with Gasteiger partial charge >= 0.3 is 0 Å². The van der Waals surface area contributed by atoms with E-state index in [9.17, 15) is 13.2 Å². The fourth-order valence-corrected chi connectivity index (χ4v) is 3.99.